The van der Waals surface area contributed by atoms with Gasteiger partial charge in [0.15, 0.2) is 0 Å². The van der Waals surface area contributed by atoms with Crippen molar-refractivity contribution in [2.75, 3.05) is 19.6 Å². The fourth-order valence-electron chi connectivity index (χ4n) is 3.50. The van der Waals surface area contributed by atoms with Crippen molar-refractivity contribution < 1.29 is 5.11 Å². The molecule has 3 nitrogen and oxygen atoms in total. The number of rotatable bonds is 7. The van der Waals surface area contributed by atoms with Gasteiger partial charge in [-0.15, -0.1) is 0 Å². The third kappa shape index (κ3) is 4.80. The van der Waals surface area contributed by atoms with Crippen molar-refractivity contribution in [2.45, 2.75) is 51.2 Å². The number of hydrogen-bond donors (Lipinski definition) is 2. The largest absolute Gasteiger partial charge is 0.392 e. The molecule has 3 N–H and O–H groups in total. The molecule has 3 atom stereocenters. The van der Waals surface area contributed by atoms with E-state index >= 15 is 0 Å². The van der Waals surface area contributed by atoms with Gasteiger partial charge in [-0.1, -0.05) is 37.3 Å². The van der Waals surface area contributed by atoms with Crippen LogP contribution in [0.5, 0.6) is 0 Å². The van der Waals surface area contributed by atoms with Crippen LogP contribution < -0.4 is 5.73 Å². The van der Waals surface area contributed by atoms with Gasteiger partial charge >= 0.3 is 0 Å². The molecule has 0 aliphatic carbocycles. The van der Waals surface area contributed by atoms with Crippen LogP contribution >= 0.6 is 0 Å². The molecule has 1 fully saturated rings. The zero-order valence-electron chi connectivity index (χ0n) is 13.2. The van der Waals surface area contributed by atoms with Gasteiger partial charge in [-0.3, -0.25) is 4.90 Å². The minimum absolute atomic E-state index is 0.207. The molecule has 0 radical (unpaired) electrons. The molecule has 1 heterocycles. The van der Waals surface area contributed by atoms with Gasteiger partial charge in [0.2, 0.25) is 0 Å². The van der Waals surface area contributed by atoms with E-state index in [4.69, 9.17) is 5.73 Å². The van der Waals surface area contributed by atoms with E-state index in [0.717, 1.165) is 45.3 Å². The minimum Gasteiger partial charge on any atom is -0.392 e. The predicted octanol–water partition coefficient (Wildman–Crippen LogP) is 2.43. The zero-order chi connectivity index (χ0) is 15.1. The number of piperidine rings is 1. The quantitative estimate of drug-likeness (QED) is 0.811. The second kappa shape index (κ2) is 8.52. The van der Waals surface area contributed by atoms with Gasteiger partial charge in [-0.05, 0) is 63.2 Å². The van der Waals surface area contributed by atoms with Crippen molar-refractivity contribution in [1.82, 2.24) is 4.90 Å². The molecule has 118 valence electrons. The highest BCUT2D eigenvalue weighted by Crippen LogP contribution is 2.28. The summed E-state index contributed by atoms with van der Waals surface area (Å²) in [5.41, 5.74) is 7.06. The summed E-state index contributed by atoms with van der Waals surface area (Å²) in [4.78, 5) is 2.46. The van der Waals surface area contributed by atoms with Crippen LogP contribution in [0.15, 0.2) is 30.3 Å². The Morgan fingerprint density at radius 1 is 1.33 bits per heavy atom. The Balaban J connectivity index is 1.95. The summed E-state index contributed by atoms with van der Waals surface area (Å²) in [5, 5.41) is 10.4. The van der Waals surface area contributed by atoms with Crippen molar-refractivity contribution in [3.05, 3.63) is 35.9 Å². The van der Waals surface area contributed by atoms with Crippen LogP contribution in [0.2, 0.25) is 0 Å². The third-order valence-electron chi connectivity index (χ3n) is 4.75. The molecule has 1 aliphatic heterocycles. The molecular weight excluding hydrogens is 260 g/mol. The van der Waals surface area contributed by atoms with Crippen LogP contribution in [0.25, 0.3) is 0 Å². The minimum atomic E-state index is -0.207. The van der Waals surface area contributed by atoms with Gasteiger partial charge in [0, 0.05) is 6.04 Å². The van der Waals surface area contributed by atoms with Gasteiger partial charge in [0.05, 0.1) is 6.10 Å². The Labute approximate surface area is 129 Å². The van der Waals surface area contributed by atoms with Gasteiger partial charge in [-0.2, -0.15) is 0 Å². The topological polar surface area (TPSA) is 49.5 Å². The van der Waals surface area contributed by atoms with E-state index in [2.05, 4.69) is 42.2 Å². The Hall–Kier alpha value is -0.900. The van der Waals surface area contributed by atoms with Crippen LogP contribution in [0.1, 0.15) is 38.2 Å². The van der Waals surface area contributed by atoms with Crippen LogP contribution in [0, 0.1) is 5.92 Å². The smallest absolute Gasteiger partial charge is 0.0692 e. The lowest BCUT2D eigenvalue weighted by Gasteiger charge is -2.42. The average molecular weight is 290 g/mol. The van der Waals surface area contributed by atoms with E-state index in [9.17, 15) is 5.11 Å². The van der Waals surface area contributed by atoms with Crippen molar-refractivity contribution in [3.63, 3.8) is 0 Å². The first-order valence-electron chi connectivity index (χ1n) is 8.40. The SMILES string of the molecule is CCC(O)C1CC(Cc2ccccc2)CCN1CCCN. The fourth-order valence-corrected chi connectivity index (χ4v) is 3.50. The molecule has 0 saturated carbocycles. The number of nitrogens with two attached hydrogens (primary N) is 1. The van der Waals surface area contributed by atoms with E-state index < -0.39 is 0 Å². The van der Waals surface area contributed by atoms with E-state index in [1.165, 1.54) is 12.0 Å². The predicted molar refractivity (Wildman–Crippen MR) is 88.2 cm³/mol. The van der Waals surface area contributed by atoms with Gasteiger partial charge in [0.25, 0.3) is 0 Å². The molecule has 1 saturated heterocycles. The second-order valence-electron chi connectivity index (χ2n) is 6.30. The number of nitrogens with zero attached hydrogens (tertiary/aromatic N) is 1. The van der Waals surface area contributed by atoms with Crippen molar-refractivity contribution in [2.24, 2.45) is 11.7 Å². The molecule has 0 amide bonds. The molecule has 21 heavy (non-hydrogen) atoms. The summed E-state index contributed by atoms with van der Waals surface area (Å²) < 4.78 is 0. The normalized spacial score (nSPS) is 24.9. The molecule has 3 unspecified atom stereocenters. The van der Waals surface area contributed by atoms with Crippen molar-refractivity contribution in [1.29, 1.82) is 0 Å². The fraction of sp³-hybridized carbons (Fsp3) is 0.667. The first kappa shape index (κ1) is 16.5. The van der Waals surface area contributed by atoms with Crippen LogP contribution in [0.4, 0.5) is 0 Å². The van der Waals surface area contributed by atoms with E-state index in [1.54, 1.807) is 0 Å². The van der Waals surface area contributed by atoms with E-state index in [1.807, 2.05) is 0 Å². The summed E-state index contributed by atoms with van der Waals surface area (Å²) >= 11 is 0. The summed E-state index contributed by atoms with van der Waals surface area (Å²) in [7, 11) is 0. The molecule has 0 aromatic heterocycles. The standard InChI is InChI=1S/C18H30N2O/c1-2-18(21)17-14-16(9-12-20(17)11-6-10-19)13-15-7-4-3-5-8-15/h3-5,7-8,16-18,21H,2,6,9-14,19H2,1H3. The van der Waals surface area contributed by atoms with Crippen LogP contribution in [-0.4, -0.2) is 41.8 Å². The average Bonchev–Trinajstić information content (AvgIpc) is 2.53. The Bertz CT molecular complexity index is 395. The number of benzene rings is 1. The van der Waals surface area contributed by atoms with Gasteiger partial charge < -0.3 is 10.8 Å². The molecule has 0 spiro atoms. The maximum Gasteiger partial charge on any atom is 0.0692 e. The molecule has 3 heteroatoms. The summed E-state index contributed by atoms with van der Waals surface area (Å²) in [6, 6.07) is 11.0. The van der Waals surface area contributed by atoms with E-state index in [-0.39, 0.29) is 6.10 Å². The highest BCUT2D eigenvalue weighted by molar-refractivity contribution is 5.15. The maximum atomic E-state index is 10.4. The Morgan fingerprint density at radius 2 is 2.10 bits per heavy atom. The maximum absolute atomic E-state index is 10.4. The first-order chi connectivity index (χ1) is 10.2. The summed E-state index contributed by atoms with van der Waals surface area (Å²) in [5.74, 6) is 0.688. The summed E-state index contributed by atoms with van der Waals surface area (Å²) in [6.45, 7) is 4.93. The number of hydrogen-bond acceptors (Lipinski definition) is 3. The first-order valence-corrected chi connectivity index (χ1v) is 8.40. The zero-order valence-corrected chi connectivity index (χ0v) is 13.2. The third-order valence-corrected chi connectivity index (χ3v) is 4.75. The number of aliphatic hydroxyl groups is 1. The summed E-state index contributed by atoms with van der Waals surface area (Å²) in [6.07, 6.45) is 5.12. The van der Waals surface area contributed by atoms with Crippen molar-refractivity contribution in [3.8, 4) is 0 Å². The monoisotopic (exact) mass is 290 g/mol. The molecule has 1 aliphatic rings. The number of aliphatic hydroxyl groups excluding tert-OH is 1. The van der Waals surface area contributed by atoms with Crippen molar-refractivity contribution >= 4 is 0 Å². The molecule has 1 aromatic carbocycles. The second-order valence-corrected chi connectivity index (χ2v) is 6.30. The van der Waals surface area contributed by atoms with E-state index in [0.29, 0.717) is 12.0 Å². The molecule has 1 aromatic rings. The van der Waals surface area contributed by atoms with Crippen LogP contribution in [0.3, 0.4) is 0 Å². The lowest BCUT2D eigenvalue weighted by Crippen LogP contribution is -2.49. The molecular formula is C18H30N2O. The lowest BCUT2D eigenvalue weighted by atomic mass is 9.83. The highest BCUT2D eigenvalue weighted by atomic mass is 16.3. The van der Waals surface area contributed by atoms with Gasteiger partial charge in [0.1, 0.15) is 0 Å². The lowest BCUT2D eigenvalue weighted by molar-refractivity contribution is 0.00702. The Morgan fingerprint density at radius 3 is 2.76 bits per heavy atom. The Kier molecular flexibility index (Phi) is 6.68. The molecule has 0 bridgehead atoms. The van der Waals surface area contributed by atoms with Crippen LogP contribution in [-0.2, 0) is 6.42 Å². The molecule has 2 rings (SSSR count). The van der Waals surface area contributed by atoms with Gasteiger partial charge in [-0.25, -0.2) is 0 Å². The highest BCUT2D eigenvalue weighted by Gasteiger charge is 2.32. The number of likely N-dealkylation sites (tertiary alicyclic amines) is 1.